The Morgan fingerprint density at radius 1 is 1.35 bits per heavy atom. The lowest BCUT2D eigenvalue weighted by Crippen LogP contribution is -2.36. The summed E-state index contributed by atoms with van der Waals surface area (Å²) in [5.41, 5.74) is 1.96. The van der Waals surface area contributed by atoms with E-state index >= 15 is 0 Å². The lowest BCUT2D eigenvalue weighted by Gasteiger charge is -2.22. The number of carbonyl (C=O) groups excluding carboxylic acids is 1. The van der Waals surface area contributed by atoms with Gasteiger partial charge in [0.25, 0.3) is 0 Å². The fourth-order valence-corrected chi connectivity index (χ4v) is 1.96. The van der Waals surface area contributed by atoms with Crippen LogP contribution in [0.2, 0.25) is 0 Å². The van der Waals surface area contributed by atoms with Gasteiger partial charge >= 0.3 is 5.97 Å². The second-order valence-electron chi connectivity index (χ2n) is 4.84. The van der Waals surface area contributed by atoms with Gasteiger partial charge in [-0.3, -0.25) is 5.32 Å². The van der Waals surface area contributed by atoms with Crippen LogP contribution in [-0.4, -0.2) is 25.7 Å². The lowest BCUT2D eigenvalue weighted by atomic mass is 10.0. The van der Waals surface area contributed by atoms with Gasteiger partial charge in [0, 0.05) is 13.2 Å². The Hall–Kier alpha value is -1.39. The van der Waals surface area contributed by atoms with Crippen LogP contribution in [0.5, 0.6) is 0 Å². The van der Waals surface area contributed by atoms with E-state index < -0.39 is 6.04 Å². The molecule has 0 radical (unpaired) electrons. The monoisotopic (exact) mass is 279 g/mol. The molecule has 4 nitrogen and oxygen atoms in total. The maximum atomic E-state index is 12.1. The molecule has 0 aliphatic heterocycles. The molecular weight excluding hydrogens is 254 g/mol. The summed E-state index contributed by atoms with van der Waals surface area (Å²) in [6.07, 6.45) is 0.952. The van der Waals surface area contributed by atoms with Crippen LogP contribution in [0.3, 0.4) is 0 Å². The zero-order valence-electron chi connectivity index (χ0n) is 12.8. The maximum Gasteiger partial charge on any atom is 0.327 e. The standard InChI is InChI=1S/C16H25NO3/c1-5-12(3)17-15(16(18)20-6-2)14-9-7-8-13(10-14)11-19-4/h7-10,12,15,17H,5-6,11H2,1-4H3. The van der Waals surface area contributed by atoms with Gasteiger partial charge in [-0.25, -0.2) is 4.79 Å². The molecule has 0 amide bonds. The average molecular weight is 279 g/mol. The average Bonchev–Trinajstić information content (AvgIpc) is 2.45. The molecule has 4 heteroatoms. The van der Waals surface area contributed by atoms with Crippen LogP contribution in [0, 0.1) is 0 Å². The molecule has 1 aromatic rings. The van der Waals surface area contributed by atoms with Crippen molar-refractivity contribution in [1.29, 1.82) is 0 Å². The molecule has 2 unspecified atom stereocenters. The van der Waals surface area contributed by atoms with Gasteiger partial charge in [0.15, 0.2) is 0 Å². The van der Waals surface area contributed by atoms with Crippen LogP contribution < -0.4 is 5.32 Å². The van der Waals surface area contributed by atoms with Crippen molar-refractivity contribution >= 4 is 5.97 Å². The third-order valence-electron chi connectivity index (χ3n) is 3.18. The van der Waals surface area contributed by atoms with E-state index in [1.165, 1.54) is 0 Å². The topological polar surface area (TPSA) is 47.6 Å². The Labute approximate surface area is 121 Å². The Morgan fingerprint density at radius 3 is 2.70 bits per heavy atom. The molecule has 0 saturated carbocycles. The largest absolute Gasteiger partial charge is 0.465 e. The molecule has 112 valence electrons. The Balaban J connectivity index is 2.96. The second kappa shape index (κ2) is 8.72. The smallest absolute Gasteiger partial charge is 0.327 e. The summed E-state index contributed by atoms with van der Waals surface area (Å²) in [4.78, 5) is 12.1. The molecule has 0 heterocycles. The number of rotatable bonds is 8. The first-order chi connectivity index (χ1) is 9.62. The zero-order valence-corrected chi connectivity index (χ0v) is 12.8. The van der Waals surface area contributed by atoms with E-state index in [2.05, 4.69) is 19.2 Å². The maximum absolute atomic E-state index is 12.1. The lowest BCUT2D eigenvalue weighted by molar-refractivity contribution is -0.146. The number of nitrogens with one attached hydrogen (secondary N) is 1. The van der Waals surface area contributed by atoms with E-state index in [-0.39, 0.29) is 12.0 Å². The molecule has 1 aromatic carbocycles. The third kappa shape index (κ3) is 4.94. The van der Waals surface area contributed by atoms with Crippen molar-refractivity contribution in [3.05, 3.63) is 35.4 Å². The number of ether oxygens (including phenoxy) is 2. The second-order valence-corrected chi connectivity index (χ2v) is 4.84. The van der Waals surface area contributed by atoms with Crippen LogP contribution >= 0.6 is 0 Å². The van der Waals surface area contributed by atoms with Crippen molar-refractivity contribution in [3.63, 3.8) is 0 Å². The van der Waals surface area contributed by atoms with Crippen LogP contribution in [0.15, 0.2) is 24.3 Å². The highest BCUT2D eigenvalue weighted by Crippen LogP contribution is 2.18. The summed E-state index contributed by atoms with van der Waals surface area (Å²) < 4.78 is 10.3. The van der Waals surface area contributed by atoms with Crippen molar-refractivity contribution < 1.29 is 14.3 Å². The van der Waals surface area contributed by atoms with Gasteiger partial charge in [-0.15, -0.1) is 0 Å². The first-order valence-electron chi connectivity index (χ1n) is 7.12. The number of hydrogen-bond acceptors (Lipinski definition) is 4. The van der Waals surface area contributed by atoms with E-state index in [1.54, 1.807) is 7.11 Å². The molecule has 2 atom stereocenters. The molecule has 0 fully saturated rings. The van der Waals surface area contributed by atoms with Gasteiger partial charge in [0.1, 0.15) is 6.04 Å². The number of hydrogen-bond donors (Lipinski definition) is 1. The summed E-state index contributed by atoms with van der Waals surface area (Å²) in [7, 11) is 1.66. The number of carbonyl (C=O) groups is 1. The molecule has 0 spiro atoms. The summed E-state index contributed by atoms with van der Waals surface area (Å²) in [6.45, 7) is 6.88. The molecule has 0 aliphatic carbocycles. The van der Waals surface area contributed by atoms with Gasteiger partial charge in [0.2, 0.25) is 0 Å². The minimum atomic E-state index is -0.429. The first kappa shape index (κ1) is 16.7. The minimum Gasteiger partial charge on any atom is -0.465 e. The van der Waals surface area contributed by atoms with E-state index in [9.17, 15) is 4.79 Å². The normalized spacial score (nSPS) is 13.8. The van der Waals surface area contributed by atoms with Crippen molar-refractivity contribution in [3.8, 4) is 0 Å². The third-order valence-corrected chi connectivity index (χ3v) is 3.18. The van der Waals surface area contributed by atoms with Gasteiger partial charge in [-0.2, -0.15) is 0 Å². The number of methoxy groups -OCH3 is 1. The molecule has 1 N–H and O–H groups in total. The molecule has 0 aromatic heterocycles. The molecule has 0 saturated heterocycles. The quantitative estimate of drug-likeness (QED) is 0.743. The van der Waals surface area contributed by atoms with Crippen LogP contribution in [0.1, 0.15) is 44.4 Å². The van der Waals surface area contributed by atoms with E-state index in [0.717, 1.165) is 17.5 Å². The first-order valence-corrected chi connectivity index (χ1v) is 7.12. The fourth-order valence-electron chi connectivity index (χ4n) is 1.96. The van der Waals surface area contributed by atoms with E-state index in [1.807, 2.05) is 31.2 Å². The van der Waals surface area contributed by atoms with E-state index in [0.29, 0.717) is 13.2 Å². The molecular formula is C16H25NO3. The van der Waals surface area contributed by atoms with Gasteiger partial charge in [0.05, 0.1) is 13.2 Å². The number of benzene rings is 1. The highest BCUT2D eigenvalue weighted by Gasteiger charge is 2.23. The van der Waals surface area contributed by atoms with E-state index in [4.69, 9.17) is 9.47 Å². The zero-order chi connectivity index (χ0) is 15.0. The SMILES string of the molecule is CCOC(=O)C(NC(C)CC)c1cccc(COC)c1. The van der Waals surface area contributed by atoms with Crippen molar-refractivity contribution in [2.75, 3.05) is 13.7 Å². The van der Waals surface area contributed by atoms with Crippen molar-refractivity contribution in [2.45, 2.75) is 45.9 Å². The number of esters is 1. The molecule has 20 heavy (non-hydrogen) atoms. The highest BCUT2D eigenvalue weighted by atomic mass is 16.5. The van der Waals surface area contributed by atoms with Crippen LogP contribution in [0.4, 0.5) is 0 Å². The molecule has 0 bridgehead atoms. The Morgan fingerprint density at radius 2 is 2.10 bits per heavy atom. The molecule has 0 aliphatic rings. The molecule has 1 rings (SSSR count). The summed E-state index contributed by atoms with van der Waals surface area (Å²) >= 11 is 0. The summed E-state index contributed by atoms with van der Waals surface area (Å²) in [6, 6.07) is 7.67. The Kier molecular flexibility index (Phi) is 7.26. The summed E-state index contributed by atoms with van der Waals surface area (Å²) in [5.74, 6) is -0.234. The highest BCUT2D eigenvalue weighted by molar-refractivity contribution is 5.77. The van der Waals surface area contributed by atoms with Crippen molar-refractivity contribution in [2.24, 2.45) is 0 Å². The Bertz CT molecular complexity index is 420. The minimum absolute atomic E-state index is 0.234. The predicted octanol–water partition coefficient (Wildman–Crippen LogP) is 2.83. The van der Waals surface area contributed by atoms with Crippen LogP contribution in [-0.2, 0) is 20.9 Å². The van der Waals surface area contributed by atoms with Gasteiger partial charge < -0.3 is 9.47 Å². The van der Waals surface area contributed by atoms with Gasteiger partial charge in [-0.05, 0) is 31.4 Å². The fraction of sp³-hybridized carbons (Fsp3) is 0.562. The summed E-state index contributed by atoms with van der Waals surface area (Å²) in [5, 5.41) is 3.32. The van der Waals surface area contributed by atoms with Gasteiger partial charge in [-0.1, -0.05) is 31.2 Å². The van der Waals surface area contributed by atoms with Crippen LogP contribution in [0.25, 0.3) is 0 Å². The predicted molar refractivity (Wildman–Crippen MR) is 79.4 cm³/mol. The van der Waals surface area contributed by atoms with Crippen molar-refractivity contribution in [1.82, 2.24) is 5.32 Å².